The maximum Gasteiger partial charge on any atom is 0.337 e. The molecule has 1 rings (SSSR count). The van der Waals surface area contributed by atoms with Crippen LogP contribution in [0.25, 0.3) is 0 Å². The zero-order valence-corrected chi connectivity index (χ0v) is 10.5. The number of nitrogens with zero attached hydrogens (tertiary/aromatic N) is 1. The minimum atomic E-state index is -3.94. The molecule has 0 aromatic heterocycles. The molecule has 0 aliphatic heterocycles. The Morgan fingerprint density at radius 3 is 2.50 bits per heavy atom. The van der Waals surface area contributed by atoms with E-state index in [0.717, 1.165) is 6.07 Å². The number of carboxylic acid groups (broad SMARTS) is 1. The molecule has 0 saturated carbocycles. The predicted molar refractivity (Wildman–Crippen MR) is 65.1 cm³/mol. The van der Waals surface area contributed by atoms with Crippen LogP contribution in [0.2, 0.25) is 0 Å². The average Bonchev–Trinajstić information content (AvgIpc) is 2.27. The van der Waals surface area contributed by atoms with Crippen LogP contribution in [0.15, 0.2) is 23.1 Å². The van der Waals surface area contributed by atoms with Gasteiger partial charge in [-0.2, -0.15) is 0 Å². The molecule has 0 spiro atoms. The minimum absolute atomic E-state index is 0.146. The summed E-state index contributed by atoms with van der Waals surface area (Å²) in [5, 5.41) is 22.8. The molecule has 8 heteroatoms. The second-order valence-electron chi connectivity index (χ2n) is 3.67. The number of hydrogen-bond acceptors (Lipinski definition) is 5. The third kappa shape index (κ3) is 3.19. The zero-order valence-electron chi connectivity index (χ0n) is 9.70. The summed E-state index contributed by atoms with van der Waals surface area (Å²) in [5.41, 5.74) is 0.126. The number of aliphatic hydroxyl groups is 1. The number of carboxylic acids is 1. The lowest BCUT2D eigenvalue weighted by molar-refractivity contribution is 0.0697. The second kappa shape index (κ2) is 5.34. The third-order valence-corrected chi connectivity index (χ3v) is 3.28. The van der Waals surface area contributed by atoms with Crippen molar-refractivity contribution in [3.05, 3.63) is 23.8 Å². The number of likely N-dealkylation sites (N-methyl/N-ethyl adjacent to an activating group) is 1. The summed E-state index contributed by atoms with van der Waals surface area (Å²) in [6.07, 6.45) is 0. The Kier molecular flexibility index (Phi) is 4.28. The van der Waals surface area contributed by atoms with Crippen molar-refractivity contribution in [2.45, 2.75) is 4.90 Å². The van der Waals surface area contributed by atoms with E-state index in [1.807, 2.05) is 0 Å². The van der Waals surface area contributed by atoms with Gasteiger partial charge in [0, 0.05) is 13.6 Å². The first-order valence-corrected chi connectivity index (χ1v) is 6.54. The quantitative estimate of drug-likeness (QED) is 0.663. The first kappa shape index (κ1) is 14.4. The van der Waals surface area contributed by atoms with Crippen molar-refractivity contribution >= 4 is 21.7 Å². The van der Waals surface area contributed by atoms with Gasteiger partial charge in [0.05, 0.1) is 22.8 Å². The Hall–Kier alpha value is -1.64. The minimum Gasteiger partial charge on any atom is -0.478 e. The molecule has 0 heterocycles. The highest BCUT2D eigenvalue weighted by molar-refractivity contribution is 7.89. The van der Waals surface area contributed by atoms with Gasteiger partial charge in [0.1, 0.15) is 0 Å². The lowest BCUT2D eigenvalue weighted by atomic mass is 10.1. The highest BCUT2D eigenvalue weighted by atomic mass is 32.2. The molecular formula is C10H14N2O5S. The first-order chi connectivity index (χ1) is 8.27. The average molecular weight is 274 g/mol. The number of rotatable bonds is 5. The molecule has 18 heavy (non-hydrogen) atoms. The Morgan fingerprint density at radius 2 is 2.06 bits per heavy atom. The number of aliphatic hydroxyl groups excluding tert-OH is 1. The molecule has 0 amide bonds. The molecule has 0 aliphatic carbocycles. The van der Waals surface area contributed by atoms with Crippen LogP contribution in [0.3, 0.4) is 0 Å². The van der Waals surface area contributed by atoms with Crippen LogP contribution < -0.4 is 10.0 Å². The van der Waals surface area contributed by atoms with Crippen molar-refractivity contribution in [3.8, 4) is 0 Å². The van der Waals surface area contributed by atoms with Gasteiger partial charge in [-0.1, -0.05) is 0 Å². The van der Waals surface area contributed by atoms with E-state index in [-0.39, 0.29) is 23.6 Å². The van der Waals surface area contributed by atoms with E-state index in [9.17, 15) is 13.2 Å². The van der Waals surface area contributed by atoms with Gasteiger partial charge in [-0.25, -0.2) is 18.4 Å². The lowest BCUT2D eigenvalue weighted by Gasteiger charge is -2.20. The van der Waals surface area contributed by atoms with Crippen LogP contribution in [-0.2, 0) is 10.0 Å². The number of benzene rings is 1. The molecule has 7 nitrogen and oxygen atoms in total. The summed E-state index contributed by atoms with van der Waals surface area (Å²) in [5.74, 6) is -1.26. The van der Waals surface area contributed by atoms with E-state index in [1.165, 1.54) is 17.0 Å². The van der Waals surface area contributed by atoms with E-state index < -0.39 is 16.0 Å². The third-order valence-electron chi connectivity index (χ3n) is 2.37. The fourth-order valence-electron chi connectivity index (χ4n) is 1.47. The molecular weight excluding hydrogens is 260 g/mol. The van der Waals surface area contributed by atoms with Gasteiger partial charge in [0.25, 0.3) is 0 Å². The molecule has 0 radical (unpaired) electrons. The van der Waals surface area contributed by atoms with Gasteiger partial charge in [-0.15, -0.1) is 0 Å². The summed E-state index contributed by atoms with van der Waals surface area (Å²) in [6, 6.07) is 3.57. The van der Waals surface area contributed by atoms with E-state index in [0.29, 0.717) is 5.69 Å². The normalized spacial score (nSPS) is 11.3. The topological polar surface area (TPSA) is 121 Å². The standard InChI is InChI=1S/C10H14N2O5S/c1-12(4-5-13)9-3-2-7(18(11,16)17)6-8(9)10(14)15/h2-3,6,13H,4-5H2,1H3,(H,14,15)(H2,11,16,17). The molecule has 4 N–H and O–H groups in total. The van der Waals surface area contributed by atoms with Crippen LogP contribution in [0.1, 0.15) is 10.4 Å². The van der Waals surface area contributed by atoms with Gasteiger partial charge in [-0.05, 0) is 18.2 Å². The summed E-state index contributed by atoms with van der Waals surface area (Å²) in [6.45, 7) is 0.0848. The van der Waals surface area contributed by atoms with Crippen molar-refractivity contribution in [1.29, 1.82) is 0 Å². The van der Waals surface area contributed by atoms with Crippen molar-refractivity contribution in [2.24, 2.45) is 5.14 Å². The fourth-order valence-corrected chi connectivity index (χ4v) is 2.01. The molecule has 1 aromatic rings. The number of anilines is 1. The van der Waals surface area contributed by atoms with Gasteiger partial charge in [0.15, 0.2) is 0 Å². The van der Waals surface area contributed by atoms with Crippen molar-refractivity contribution in [2.75, 3.05) is 25.1 Å². The number of sulfonamides is 1. The monoisotopic (exact) mass is 274 g/mol. The molecule has 100 valence electrons. The van der Waals surface area contributed by atoms with Gasteiger partial charge >= 0.3 is 5.97 Å². The summed E-state index contributed by atoms with van der Waals surface area (Å²) < 4.78 is 22.3. The largest absolute Gasteiger partial charge is 0.478 e. The van der Waals surface area contributed by atoms with Gasteiger partial charge in [0.2, 0.25) is 10.0 Å². The van der Waals surface area contributed by atoms with Crippen molar-refractivity contribution in [1.82, 2.24) is 0 Å². The smallest absolute Gasteiger partial charge is 0.337 e. The number of hydrogen-bond donors (Lipinski definition) is 3. The van der Waals surface area contributed by atoms with Crippen LogP contribution in [0, 0.1) is 0 Å². The number of primary sulfonamides is 1. The maximum atomic E-state index is 11.1. The van der Waals surface area contributed by atoms with Crippen LogP contribution in [-0.4, -0.2) is 44.8 Å². The molecule has 0 bridgehead atoms. The predicted octanol–water partition coefficient (Wildman–Crippen LogP) is -0.539. The molecule has 1 aromatic carbocycles. The summed E-state index contributed by atoms with van der Waals surface area (Å²) in [4.78, 5) is 12.3. The highest BCUT2D eigenvalue weighted by Crippen LogP contribution is 2.22. The molecule has 0 fully saturated rings. The molecule has 0 atom stereocenters. The van der Waals surface area contributed by atoms with Crippen LogP contribution in [0.5, 0.6) is 0 Å². The first-order valence-electron chi connectivity index (χ1n) is 4.99. The van der Waals surface area contributed by atoms with Crippen LogP contribution >= 0.6 is 0 Å². The van der Waals surface area contributed by atoms with E-state index in [1.54, 1.807) is 7.05 Å². The Balaban J connectivity index is 3.34. The van der Waals surface area contributed by atoms with E-state index >= 15 is 0 Å². The number of aromatic carboxylic acids is 1. The van der Waals surface area contributed by atoms with Gasteiger partial charge in [-0.3, -0.25) is 0 Å². The van der Waals surface area contributed by atoms with Gasteiger partial charge < -0.3 is 15.1 Å². The number of carbonyl (C=O) groups is 1. The maximum absolute atomic E-state index is 11.1. The summed E-state index contributed by atoms with van der Waals surface area (Å²) >= 11 is 0. The Bertz CT molecular complexity index is 555. The Labute approximate surface area is 105 Å². The fraction of sp³-hybridized carbons (Fsp3) is 0.300. The zero-order chi connectivity index (χ0) is 13.9. The molecule has 0 unspecified atom stereocenters. The van der Waals surface area contributed by atoms with Crippen molar-refractivity contribution in [3.63, 3.8) is 0 Å². The molecule has 0 saturated heterocycles. The lowest BCUT2D eigenvalue weighted by Crippen LogP contribution is -2.24. The van der Waals surface area contributed by atoms with Crippen LogP contribution in [0.4, 0.5) is 5.69 Å². The Morgan fingerprint density at radius 1 is 1.44 bits per heavy atom. The number of nitrogens with two attached hydrogens (primary N) is 1. The highest BCUT2D eigenvalue weighted by Gasteiger charge is 2.17. The van der Waals surface area contributed by atoms with E-state index in [4.69, 9.17) is 15.4 Å². The SMILES string of the molecule is CN(CCO)c1ccc(S(N)(=O)=O)cc1C(=O)O. The molecule has 0 aliphatic rings. The second-order valence-corrected chi connectivity index (χ2v) is 5.24. The van der Waals surface area contributed by atoms with E-state index in [2.05, 4.69) is 0 Å². The van der Waals surface area contributed by atoms with Crippen molar-refractivity contribution < 1.29 is 23.4 Å². The summed E-state index contributed by atoms with van der Waals surface area (Å²) in [7, 11) is -2.35.